The summed E-state index contributed by atoms with van der Waals surface area (Å²) in [5.74, 6) is 1.16. The summed E-state index contributed by atoms with van der Waals surface area (Å²) in [5, 5.41) is 9.56. The summed E-state index contributed by atoms with van der Waals surface area (Å²) < 4.78 is 10.6. The van der Waals surface area contributed by atoms with E-state index in [9.17, 15) is 4.79 Å². The normalized spacial score (nSPS) is 10.1. The quantitative estimate of drug-likeness (QED) is 0.626. The average molecular weight is 305 g/mol. The summed E-state index contributed by atoms with van der Waals surface area (Å²) in [4.78, 5) is 15.1. The summed E-state index contributed by atoms with van der Waals surface area (Å²) in [6, 6.07) is 10.5. The van der Waals surface area contributed by atoms with Crippen LogP contribution in [0.5, 0.6) is 11.5 Å². The molecule has 0 fully saturated rings. The van der Waals surface area contributed by atoms with Gasteiger partial charge >= 0.3 is 5.97 Å². The van der Waals surface area contributed by atoms with E-state index in [2.05, 4.69) is 4.98 Å². The topological polar surface area (TPSA) is 68.7 Å². The molecule has 0 aliphatic rings. The van der Waals surface area contributed by atoms with Gasteiger partial charge in [0.15, 0.2) is 0 Å². The third-order valence-corrected chi connectivity index (χ3v) is 3.62. The molecule has 5 nitrogen and oxygen atoms in total. The molecule has 0 spiro atoms. The predicted molar refractivity (Wildman–Crippen MR) is 80.4 cm³/mol. The Hall–Kier alpha value is -2.21. The molecule has 0 unspecified atom stereocenters. The Bertz CT molecular complexity index is 601. The first-order valence-corrected chi connectivity index (χ1v) is 7.27. The van der Waals surface area contributed by atoms with Crippen LogP contribution >= 0.6 is 11.8 Å². The fourth-order valence-corrected chi connectivity index (χ4v) is 2.44. The number of aromatic carboxylic acids is 1. The molecule has 0 aliphatic heterocycles. The van der Waals surface area contributed by atoms with Crippen molar-refractivity contribution < 1.29 is 19.4 Å². The molecule has 21 heavy (non-hydrogen) atoms. The molecule has 1 aromatic heterocycles. The van der Waals surface area contributed by atoms with E-state index >= 15 is 0 Å². The number of benzene rings is 1. The van der Waals surface area contributed by atoms with Crippen LogP contribution in [0.3, 0.4) is 0 Å². The second-order valence-electron chi connectivity index (χ2n) is 4.03. The fraction of sp³-hybridized carbons (Fsp3) is 0.200. The van der Waals surface area contributed by atoms with Crippen LogP contribution < -0.4 is 9.47 Å². The van der Waals surface area contributed by atoms with Gasteiger partial charge in [-0.2, -0.15) is 0 Å². The van der Waals surface area contributed by atoms with Crippen molar-refractivity contribution in [2.24, 2.45) is 0 Å². The fourth-order valence-electron chi connectivity index (χ4n) is 1.64. The maximum absolute atomic E-state index is 11.0. The summed E-state index contributed by atoms with van der Waals surface area (Å²) >= 11 is 1.36. The van der Waals surface area contributed by atoms with E-state index in [1.807, 2.05) is 24.3 Å². The number of carbonyl (C=O) groups is 1. The Balaban J connectivity index is 1.83. The number of ether oxygens (including phenoxy) is 2. The molecule has 0 radical (unpaired) electrons. The van der Waals surface area contributed by atoms with Gasteiger partial charge in [-0.1, -0.05) is 0 Å². The molecule has 0 bridgehead atoms. The van der Waals surface area contributed by atoms with Crippen LogP contribution in [0.2, 0.25) is 0 Å². The first-order chi connectivity index (χ1) is 10.2. The smallest absolute Gasteiger partial charge is 0.338 e. The molecule has 0 aliphatic carbocycles. The van der Waals surface area contributed by atoms with Gasteiger partial charge < -0.3 is 14.6 Å². The van der Waals surface area contributed by atoms with Crippen LogP contribution in [0.25, 0.3) is 0 Å². The zero-order valence-electron chi connectivity index (χ0n) is 11.5. The molecular formula is C15H15NO4S. The van der Waals surface area contributed by atoms with Crippen molar-refractivity contribution in [3.8, 4) is 11.5 Å². The van der Waals surface area contributed by atoms with E-state index in [0.717, 1.165) is 11.5 Å². The van der Waals surface area contributed by atoms with E-state index < -0.39 is 5.97 Å². The third kappa shape index (κ3) is 4.39. The molecule has 1 aromatic carbocycles. The summed E-state index contributed by atoms with van der Waals surface area (Å²) in [6.45, 7) is 0.465. The van der Waals surface area contributed by atoms with Gasteiger partial charge in [0, 0.05) is 11.9 Å². The van der Waals surface area contributed by atoms with Crippen molar-refractivity contribution in [2.75, 3.05) is 19.5 Å². The molecule has 0 saturated heterocycles. The number of hydrogen-bond acceptors (Lipinski definition) is 5. The highest BCUT2D eigenvalue weighted by atomic mass is 32.2. The Morgan fingerprint density at radius 2 is 1.95 bits per heavy atom. The summed E-state index contributed by atoms with van der Waals surface area (Å²) in [6.07, 6.45) is 1.58. The first-order valence-electron chi connectivity index (χ1n) is 6.28. The molecule has 0 amide bonds. The Kier molecular flexibility index (Phi) is 5.45. The summed E-state index contributed by atoms with van der Waals surface area (Å²) in [7, 11) is 1.61. The van der Waals surface area contributed by atoms with Gasteiger partial charge in [0.1, 0.15) is 16.5 Å². The van der Waals surface area contributed by atoms with Crippen LogP contribution in [0, 0.1) is 0 Å². The largest absolute Gasteiger partial charge is 0.497 e. The minimum Gasteiger partial charge on any atom is -0.497 e. The SMILES string of the molecule is COc1ccc(OCCSc2ncccc2C(=O)O)cc1. The van der Waals surface area contributed by atoms with E-state index in [0.29, 0.717) is 17.4 Å². The van der Waals surface area contributed by atoms with E-state index in [1.165, 1.54) is 11.8 Å². The molecule has 6 heteroatoms. The third-order valence-electron chi connectivity index (χ3n) is 2.65. The van der Waals surface area contributed by atoms with Gasteiger partial charge in [0.2, 0.25) is 0 Å². The maximum Gasteiger partial charge on any atom is 0.338 e. The van der Waals surface area contributed by atoms with Crippen molar-refractivity contribution in [1.29, 1.82) is 0 Å². The van der Waals surface area contributed by atoms with Gasteiger partial charge in [-0.25, -0.2) is 9.78 Å². The van der Waals surface area contributed by atoms with Crippen molar-refractivity contribution >= 4 is 17.7 Å². The molecule has 110 valence electrons. The zero-order chi connectivity index (χ0) is 15.1. The standard InChI is InChI=1S/C15H15NO4S/c1-19-11-4-6-12(7-5-11)20-9-10-21-14-13(15(17)18)3-2-8-16-14/h2-8H,9-10H2,1H3,(H,17,18). The van der Waals surface area contributed by atoms with Crippen LogP contribution in [0.1, 0.15) is 10.4 Å². The number of rotatable bonds is 7. The molecule has 1 heterocycles. The number of hydrogen-bond donors (Lipinski definition) is 1. The number of aromatic nitrogens is 1. The van der Waals surface area contributed by atoms with E-state index in [-0.39, 0.29) is 5.56 Å². The second kappa shape index (κ2) is 7.54. The molecule has 0 saturated carbocycles. The molecule has 1 N–H and O–H groups in total. The van der Waals surface area contributed by atoms with Gasteiger partial charge in [0.05, 0.1) is 19.3 Å². The van der Waals surface area contributed by atoms with E-state index in [1.54, 1.807) is 25.4 Å². The van der Waals surface area contributed by atoms with Crippen molar-refractivity contribution in [3.63, 3.8) is 0 Å². The van der Waals surface area contributed by atoms with Crippen LogP contribution in [-0.4, -0.2) is 35.5 Å². The molecular weight excluding hydrogens is 290 g/mol. The average Bonchev–Trinajstić information content (AvgIpc) is 2.52. The van der Waals surface area contributed by atoms with Gasteiger partial charge in [-0.3, -0.25) is 0 Å². The number of methoxy groups -OCH3 is 1. The van der Waals surface area contributed by atoms with Crippen LogP contribution in [0.4, 0.5) is 0 Å². The highest BCUT2D eigenvalue weighted by molar-refractivity contribution is 7.99. The lowest BCUT2D eigenvalue weighted by atomic mass is 10.3. The lowest BCUT2D eigenvalue weighted by molar-refractivity contribution is 0.0692. The second-order valence-corrected chi connectivity index (χ2v) is 5.12. The van der Waals surface area contributed by atoms with Crippen molar-refractivity contribution in [3.05, 3.63) is 48.2 Å². The number of pyridine rings is 1. The number of carboxylic acids is 1. The number of carboxylic acid groups (broad SMARTS) is 1. The zero-order valence-corrected chi connectivity index (χ0v) is 12.3. The number of thioether (sulfide) groups is 1. The van der Waals surface area contributed by atoms with Crippen LogP contribution in [0.15, 0.2) is 47.6 Å². The van der Waals surface area contributed by atoms with Crippen molar-refractivity contribution in [1.82, 2.24) is 4.98 Å². The van der Waals surface area contributed by atoms with Crippen molar-refractivity contribution in [2.45, 2.75) is 5.03 Å². The lowest BCUT2D eigenvalue weighted by Crippen LogP contribution is -2.04. The van der Waals surface area contributed by atoms with Gasteiger partial charge in [-0.15, -0.1) is 11.8 Å². The monoisotopic (exact) mass is 305 g/mol. The molecule has 2 rings (SSSR count). The van der Waals surface area contributed by atoms with Gasteiger partial charge in [-0.05, 0) is 36.4 Å². The van der Waals surface area contributed by atoms with E-state index in [4.69, 9.17) is 14.6 Å². The minimum absolute atomic E-state index is 0.215. The maximum atomic E-state index is 11.0. The van der Waals surface area contributed by atoms with Gasteiger partial charge in [0.25, 0.3) is 0 Å². The lowest BCUT2D eigenvalue weighted by Gasteiger charge is -2.07. The highest BCUT2D eigenvalue weighted by Gasteiger charge is 2.10. The Labute approximate surface area is 126 Å². The number of nitrogens with zero attached hydrogens (tertiary/aromatic N) is 1. The minimum atomic E-state index is -0.971. The Morgan fingerprint density at radius 3 is 2.62 bits per heavy atom. The Morgan fingerprint density at radius 1 is 1.24 bits per heavy atom. The highest BCUT2D eigenvalue weighted by Crippen LogP contribution is 2.21. The predicted octanol–water partition coefficient (Wildman–Crippen LogP) is 2.96. The van der Waals surface area contributed by atoms with Crippen LogP contribution in [-0.2, 0) is 0 Å². The molecule has 2 aromatic rings. The molecule has 0 atom stereocenters. The summed E-state index contributed by atoms with van der Waals surface area (Å²) in [5.41, 5.74) is 0.215. The first kappa shape index (κ1) is 15.2.